The Hall–Kier alpha value is -1.10. The maximum absolute atomic E-state index is 11.7. The highest BCUT2D eigenvalue weighted by Crippen LogP contribution is 2.10. The fourth-order valence-corrected chi connectivity index (χ4v) is 2.01. The van der Waals surface area contributed by atoms with Gasteiger partial charge in [0.25, 0.3) is 0 Å². The molecule has 1 aromatic rings. The number of nitrogens with one attached hydrogen (secondary N) is 1. The van der Waals surface area contributed by atoms with Crippen LogP contribution in [0.25, 0.3) is 0 Å². The molecule has 0 saturated carbocycles. The molecule has 0 amide bonds. The van der Waals surface area contributed by atoms with Gasteiger partial charge >= 0.3 is 5.97 Å². The quantitative estimate of drug-likeness (QED) is 0.808. The summed E-state index contributed by atoms with van der Waals surface area (Å²) in [7, 11) is 0. The Bertz CT molecular complexity index is 367. The first-order chi connectivity index (χ1) is 8.27. The lowest BCUT2D eigenvalue weighted by Gasteiger charge is -2.17. The molecule has 1 aromatic carbocycles. The number of nitrogens with two attached hydrogens (primary N) is 1. The summed E-state index contributed by atoms with van der Waals surface area (Å²) in [4.78, 5) is 11.7. The normalized spacial score (nSPS) is 19.9. The van der Waals surface area contributed by atoms with Crippen LogP contribution in [-0.2, 0) is 16.1 Å². The topological polar surface area (TPSA) is 64.4 Å². The molecule has 0 spiro atoms. The third kappa shape index (κ3) is 3.98. The van der Waals surface area contributed by atoms with Crippen LogP contribution in [0.15, 0.2) is 30.3 Å². The van der Waals surface area contributed by atoms with E-state index in [0.717, 1.165) is 24.9 Å². The molecule has 1 aliphatic rings. The van der Waals surface area contributed by atoms with Gasteiger partial charge in [0.2, 0.25) is 0 Å². The molecule has 0 aliphatic carbocycles. The van der Waals surface area contributed by atoms with Crippen LogP contribution in [0.2, 0.25) is 0 Å². The molecule has 3 N–H and O–H groups in total. The highest BCUT2D eigenvalue weighted by molar-refractivity contribution is 5.85. The average molecular weight is 271 g/mol. The van der Waals surface area contributed by atoms with Gasteiger partial charge in [0.15, 0.2) is 0 Å². The third-order valence-electron chi connectivity index (χ3n) is 3.03. The lowest BCUT2D eigenvalue weighted by molar-refractivity contribution is -0.147. The number of halogens is 1. The first-order valence-corrected chi connectivity index (χ1v) is 5.97. The molecule has 0 bridgehead atoms. The average Bonchev–Trinajstić information content (AvgIpc) is 2.90. The van der Waals surface area contributed by atoms with Crippen molar-refractivity contribution in [2.45, 2.75) is 31.5 Å². The number of ether oxygens (including phenoxy) is 1. The number of carbonyl (C=O) groups excluding carboxylic acids is 1. The van der Waals surface area contributed by atoms with E-state index in [0.29, 0.717) is 6.61 Å². The fourth-order valence-electron chi connectivity index (χ4n) is 2.01. The number of esters is 1. The van der Waals surface area contributed by atoms with Gasteiger partial charge in [-0.25, -0.2) is 0 Å². The first-order valence-electron chi connectivity index (χ1n) is 5.97. The second-order valence-corrected chi connectivity index (χ2v) is 4.32. The molecule has 18 heavy (non-hydrogen) atoms. The Labute approximate surface area is 113 Å². The SMILES string of the molecule is Cl.NC(C(=O)OCc1ccccc1)[C@@H]1CCCN1. The van der Waals surface area contributed by atoms with E-state index < -0.39 is 6.04 Å². The molecule has 5 heteroatoms. The third-order valence-corrected chi connectivity index (χ3v) is 3.03. The van der Waals surface area contributed by atoms with Crippen LogP contribution in [0.4, 0.5) is 0 Å². The van der Waals surface area contributed by atoms with Crippen molar-refractivity contribution in [3.8, 4) is 0 Å². The molecular weight excluding hydrogens is 252 g/mol. The standard InChI is InChI=1S/C13H18N2O2.ClH/c14-12(11-7-4-8-15-11)13(16)17-9-10-5-2-1-3-6-10;/h1-3,5-6,11-12,15H,4,7-9,14H2;1H/t11-,12?;/m0./s1. The molecule has 1 fully saturated rings. The van der Waals surface area contributed by atoms with Crippen molar-refractivity contribution in [2.24, 2.45) is 5.73 Å². The van der Waals surface area contributed by atoms with Crippen LogP contribution in [0.1, 0.15) is 18.4 Å². The van der Waals surface area contributed by atoms with Crippen molar-refractivity contribution in [1.29, 1.82) is 0 Å². The monoisotopic (exact) mass is 270 g/mol. The predicted molar refractivity (Wildman–Crippen MR) is 72.5 cm³/mol. The minimum Gasteiger partial charge on any atom is -0.460 e. The van der Waals surface area contributed by atoms with Crippen LogP contribution >= 0.6 is 12.4 Å². The summed E-state index contributed by atoms with van der Waals surface area (Å²) >= 11 is 0. The van der Waals surface area contributed by atoms with Gasteiger partial charge < -0.3 is 15.8 Å². The number of hydrogen-bond acceptors (Lipinski definition) is 4. The number of hydrogen-bond donors (Lipinski definition) is 2. The highest BCUT2D eigenvalue weighted by Gasteiger charge is 2.28. The van der Waals surface area contributed by atoms with Gasteiger partial charge in [-0.3, -0.25) is 4.79 Å². The first kappa shape index (κ1) is 15.0. The molecule has 0 radical (unpaired) electrons. The van der Waals surface area contributed by atoms with Gasteiger partial charge in [-0.05, 0) is 24.9 Å². The van der Waals surface area contributed by atoms with Crippen LogP contribution in [-0.4, -0.2) is 24.6 Å². The van der Waals surface area contributed by atoms with E-state index in [4.69, 9.17) is 10.5 Å². The summed E-state index contributed by atoms with van der Waals surface area (Å²) in [5.74, 6) is -0.326. The van der Waals surface area contributed by atoms with Gasteiger partial charge in [0.1, 0.15) is 12.6 Å². The number of benzene rings is 1. The smallest absolute Gasteiger partial charge is 0.324 e. The lowest BCUT2D eigenvalue weighted by atomic mass is 10.1. The Morgan fingerprint density at radius 3 is 2.78 bits per heavy atom. The fraction of sp³-hybridized carbons (Fsp3) is 0.462. The van der Waals surface area contributed by atoms with Crippen LogP contribution in [0.3, 0.4) is 0 Å². The zero-order valence-corrected chi connectivity index (χ0v) is 11.0. The molecule has 2 rings (SSSR count). The minimum atomic E-state index is -0.554. The van der Waals surface area contributed by atoms with Crippen molar-refractivity contribution in [2.75, 3.05) is 6.54 Å². The summed E-state index contributed by atoms with van der Waals surface area (Å²) in [5, 5.41) is 3.21. The predicted octanol–water partition coefficient (Wildman–Crippen LogP) is 1.23. The van der Waals surface area contributed by atoms with Gasteiger partial charge in [-0.1, -0.05) is 30.3 Å². The maximum Gasteiger partial charge on any atom is 0.324 e. The van der Waals surface area contributed by atoms with Crippen LogP contribution in [0, 0.1) is 0 Å². The van der Waals surface area contributed by atoms with E-state index >= 15 is 0 Å². The summed E-state index contributed by atoms with van der Waals surface area (Å²) in [6.45, 7) is 1.23. The van der Waals surface area contributed by atoms with Gasteiger partial charge in [-0.15, -0.1) is 12.4 Å². The van der Waals surface area contributed by atoms with Crippen molar-refractivity contribution < 1.29 is 9.53 Å². The molecule has 1 heterocycles. The van der Waals surface area contributed by atoms with Crippen LogP contribution in [0.5, 0.6) is 0 Å². The molecule has 100 valence electrons. The van der Waals surface area contributed by atoms with Crippen molar-refractivity contribution in [3.63, 3.8) is 0 Å². The van der Waals surface area contributed by atoms with E-state index in [1.807, 2.05) is 30.3 Å². The highest BCUT2D eigenvalue weighted by atomic mass is 35.5. The lowest BCUT2D eigenvalue weighted by Crippen LogP contribution is -2.47. The van der Waals surface area contributed by atoms with E-state index in [1.165, 1.54) is 0 Å². The maximum atomic E-state index is 11.7. The number of carbonyl (C=O) groups is 1. The summed E-state index contributed by atoms with van der Waals surface area (Å²) < 4.78 is 5.20. The van der Waals surface area contributed by atoms with E-state index in [1.54, 1.807) is 0 Å². The van der Waals surface area contributed by atoms with E-state index in [2.05, 4.69) is 5.32 Å². The van der Waals surface area contributed by atoms with Crippen LogP contribution < -0.4 is 11.1 Å². The molecule has 0 aromatic heterocycles. The minimum absolute atomic E-state index is 0. The van der Waals surface area contributed by atoms with E-state index in [9.17, 15) is 4.79 Å². The summed E-state index contributed by atoms with van der Waals surface area (Å²) in [6, 6.07) is 9.13. The van der Waals surface area contributed by atoms with Gasteiger partial charge in [0.05, 0.1) is 0 Å². The van der Waals surface area contributed by atoms with Gasteiger partial charge in [0, 0.05) is 6.04 Å². The Morgan fingerprint density at radius 2 is 2.17 bits per heavy atom. The Balaban J connectivity index is 0.00000162. The van der Waals surface area contributed by atoms with E-state index in [-0.39, 0.29) is 24.4 Å². The number of rotatable bonds is 4. The van der Waals surface area contributed by atoms with Crippen molar-refractivity contribution in [1.82, 2.24) is 5.32 Å². The molecule has 1 saturated heterocycles. The second-order valence-electron chi connectivity index (χ2n) is 4.32. The molecule has 1 unspecified atom stereocenters. The largest absolute Gasteiger partial charge is 0.460 e. The molecular formula is C13H19ClN2O2. The molecule has 2 atom stereocenters. The Morgan fingerprint density at radius 1 is 1.44 bits per heavy atom. The van der Waals surface area contributed by atoms with Gasteiger partial charge in [-0.2, -0.15) is 0 Å². The zero-order chi connectivity index (χ0) is 12.1. The van der Waals surface area contributed by atoms with Crippen molar-refractivity contribution >= 4 is 18.4 Å². The second kappa shape index (κ2) is 7.36. The molecule has 1 aliphatic heterocycles. The molecule has 4 nitrogen and oxygen atoms in total. The Kier molecular flexibility index (Phi) is 6.12. The summed E-state index contributed by atoms with van der Waals surface area (Å²) in [5.41, 5.74) is 6.83. The summed E-state index contributed by atoms with van der Waals surface area (Å²) in [6.07, 6.45) is 2.02. The zero-order valence-electron chi connectivity index (χ0n) is 10.2. The van der Waals surface area contributed by atoms with Crippen molar-refractivity contribution in [3.05, 3.63) is 35.9 Å².